The zero-order chi connectivity index (χ0) is 18.4. The monoisotopic (exact) mass is 360 g/mol. The Kier molecular flexibility index (Phi) is 6.08. The van der Waals surface area contributed by atoms with E-state index in [1.165, 1.54) is 29.1 Å². The van der Waals surface area contributed by atoms with Crippen LogP contribution in [0.25, 0.3) is 0 Å². The first kappa shape index (κ1) is 18.2. The van der Waals surface area contributed by atoms with Crippen molar-refractivity contribution in [2.45, 2.75) is 12.6 Å². The van der Waals surface area contributed by atoms with E-state index in [-0.39, 0.29) is 24.3 Å². The molecule has 2 aromatic rings. The molecule has 1 aliphatic rings. The van der Waals surface area contributed by atoms with Crippen LogP contribution in [0.4, 0.5) is 4.39 Å². The number of hydrogen-bond acceptors (Lipinski definition) is 5. The first-order valence-electron chi connectivity index (χ1n) is 8.49. The number of ether oxygens (including phenoxy) is 1. The normalized spacial score (nSPS) is 16.2. The predicted octanol–water partition coefficient (Wildman–Crippen LogP) is 0.572. The van der Waals surface area contributed by atoms with Gasteiger partial charge in [0.05, 0.1) is 19.3 Å². The molecule has 1 aromatic heterocycles. The van der Waals surface area contributed by atoms with E-state index in [0.717, 1.165) is 5.56 Å². The van der Waals surface area contributed by atoms with Crippen LogP contribution in [0.1, 0.15) is 11.6 Å². The molecular weight excluding hydrogens is 339 g/mol. The summed E-state index contributed by atoms with van der Waals surface area (Å²) in [5, 5.41) is 2.84. The van der Waals surface area contributed by atoms with E-state index in [0.29, 0.717) is 32.8 Å². The molecule has 0 bridgehead atoms. The number of aromatic nitrogens is 2. The molecule has 2 heterocycles. The Bertz CT molecular complexity index is 805. The molecule has 1 aliphatic heterocycles. The second kappa shape index (κ2) is 8.68. The van der Waals surface area contributed by atoms with Crippen LogP contribution in [0.15, 0.2) is 47.5 Å². The number of hydrogen-bond donors (Lipinski definition) is 1. The third-order valence-corrected chi connectivity index (χ3v) is 4.31. The number of carbonyl (C=O) groups excluding carboxylic acids is 1. The second-order valence-corrected chi connectivity index (χ2v) is 6.05. The van der Waals surface area contributed by atoms with Crippen LogP contribution in [0, 0.1) is 5.82 Å². The Hall–Kier alpha value is -2.58. The van der Waals surface area contributed by atoms with Crippen molar-refractivity contribution in [1.82, 2.24) is 19.8 Å². The van der Waals surface area contributed by atoms with Crippen molar-refractivity contribution in [2.24, 2.45) is 0 Å². The molecule has 0 spiro atoms. The fourth-order valence-electron chi connectivity index (χ4n) is 2.99. The van der Waals surface area contributed by atoms with Gasteiger partial charge >= 0.3 is 5.69 Å². The third-order valence-electron chi connectivity index (χ3n) is 4.31. The summed E-state index contributed by atoms with van der Waals surface area (Å²) in [5.74, 6) is -0.608. The number of halogens is 1. The van der Waals surface area contributed by atoms with Crippen LogP contribution in [0.3, 0.4) is 0 Å². The quantitative estimate of drug-likeness (QED) is 0.815. The summed E-state index contributed by atoms with van der Waals surface area (Å²) in [6.07, 6.45) is 2.90. The molecule has 138 valence electrons. The molecule has 1 saturated heterocycles. The van der Waals surface area contributed by atoms with Crippen molar-refractivity contribution in [3.63, 3.8) is 0 Å². The van der Waals surface area contributed by atoms with E-state index in [1.807, 2.05) is 6.07 Å². The van der Waals surface area contributed by atoms with Crippen molar-refractivity contribution in [1.29, 1.82) is 0 Å². The summed E-state index contributed by atoms with van der Waals surface area (Å²) in [6.45, 7) is 2.83. The molecule has 7 nitrogen and oxygen atoms in total. The minimum absolute atomic E-state index is 0.106. The van der Waals surface area contributed by atoms with Crippen LogP contribution in [0.5, 0.6) is 0 Å². The van der Waals surface area contributed by atoms with Gasteiger partial charge in [0.1, 0.15) is 12.4 Å². The molecule has 0 saturated carbocycles. The Labute approximate surface area is 150 Å². The van der Waals surface area contributed by atoms with Gasteiger partial charge in [-0.25, -0.2) is 14.2 Å². The van der Waals surface area contributed by atoms with Gasteiger partial charge in [0.25, 0.3) is 0 Å². The SMILES string of the molecule is O=C(Cn1cccnc1=O)NCC(c1cccc(F)c1)N1CCOCC1. The highest BCUT2D eigenvalue weighted by Gasteiger charge is 2.23. The highest BCUT2D eigenvalue weighted by molar-refractivity contribution is 5.75. The molecule has 8 heteroatoms. The maximum absolute atomic E-state index is 13.6. The molecule has 1 fully saturated rings. The lowest BCUT2D eigenvalue weighted by Gasteiger charge is -2.35. The molecule has 0 radical (unpaired) electrons. The van der Waals surface area contributed by atoms with Crippen molar-refractivity contribution < 1.29 is 13.9 Å². The lowest BCUT2D eigenvalue weighted by Crippen LogP contribution is -2.44. The average Bonchev–Trinajstić information content (AvgIpc) is 2.65. The number of carbonyl (C=O) groups is 1. The van der Waals surface area contributed by atoms with E-state index in [4.69, 9.17) is 4.74 Å². The van der Waals surface area contributed by atoms with Crippen LogP contribution in [0.2, 0.25) is 0 Å². The zero-order valence-corrected chi connectivity index (χ0v) is 14.3. The topological polar surface area (TPSA) is 76.5 Å². The standard InChI is InChI=1S/C18H21FN4O3/c19-15-4-1-3-14(11-15)16(22-7-9-26-10-8-22)12-21-17(24)13-23-6-2-5-20-18(23)25/h1-6,11,16H,7-10,12-13H2,(H,21,24). The van der Waals surface area contributed by atoms with Gasteiger partial charge in [-0.1, -0.05) is 12.1 Å². The van der Waals surface area contributed by atoms with Crippen molar-refractivity contribution in [3.8, 4) is 0 Å². The van der Waals surface area contributed by atoms with Gasteiger partial charge in [-0.3, -0.25) is 14.3 Å². The average molecular weight is 360 g/mol. The lowest BCUT2D eigenvalue weighted by atomic mass is 10.0. The lowest BCUT2D eigenvalue weighted by molar-refractivity contribution is -0.122. The fourth-order valence-corrected chi connectivity index (χ4v) is 2.99. The summed E-state index contributed by atoms with van der Waals surface area (Å²) in [7, 11) is 0. The highest BCUT2D eigenvalue weighted by atomic mass is 19.1. The van der Waals surface area contributed by atoms with Crippen molar-refractivity contribution in [3.05, 3.63) is 64.6 Å². The number of benzene rings is 1. The molecule has 1 unspecified atom stereocenters. The van der Waals surface area contributed by atoms with E-state index < -0.39 is 5.69 Å². The van der Waals surface area contributed by atoms with Crippen molar-refractivity contribution >= 4 is 5.91 Å². The molecule has 1 aromatic carbocycles. The smallest absolute Gasteiger partial charge is 0.347 e. The Balaban J connectivity index is 1.68. The minimum Gasteiger partial charge on any atom is -0.379 e. The zero-order valence-electron chi connectivity index (χ0n) is 14.3. The number of morpholine rings is 1. The fraction of sp³-hybridized carbons (Fsp3) is 0.389. The number of nitrogens with one attached hydrogen (secondary N) is 1. The molecule has 26 heavy (non-hydrogen) atoms. The van der Waals surface area contributed by atoms with Crippen LogP contribution < -0.4 is 11.0 Å². The Morgan fingerprint density at radius 1 is 1.31 bits per heavy atom. The first-order chi connectivity index (χ1) is 12.6. The molecule has 1 amide bonds. The van der Waals surface area contributed by atoms with Gasteiger partial charge in [0.15, 0.2) is 0 Å². The molecule has 1 N–H and O–H groups in total. The van der Waals surface area contributed by atoms with Gasteiger partial charge in [-0.15, -0.1) is 0 Å². The van der Waals surface area contributed by atoms with E-state index in [2.05, 4.69) is 15.2 Å². The van der Waals surface area contributed by atoms with E-state index in [9.17, 15) is 14.0 Å². The number of nitrogens with zero attached hydrogens (tertiary/aromatic N) is 3. The van der Waals surface area contributed by atoms with Crippen LogP contribution >= 0.6 is 0 Å². The van der Waals surface area contributed by atoms with E-state index >= 15 is 0 Å². The van der Waals surface area contributed by atoms with E-state index in [1.54, 1.807) is 12.1 Å². The highest BCUT2D eigenvalue weighted by Crippen LogP contribution is 2.22. The second-order valence-electron chi connectivity index (χ2n) is 6.05. The van der Waals surface area contributed by atoms with Gasteiger partial charge in [-0.05, 0) is 23.8 Å². The summed E-state index contributed by atoms with van der Waals surface area (Å²) in [5.41, 5.74) is 0.322. The van der Waals surface area contributed by atoms with Crippen LogP contribution in [-0.4, -0.2) is 53.2 Å². The number of amides is 1. The minimum atomic E-state index is -0.475. The molecule has 0 aliphatic carbocycles. The molecule has 1 atom stereocenters. The van der Waals surface area contributed by atoms with Crippen LogP contribution in [-0.2, 0) is 16.1 Å². The maximum atomic E-state index is 13.6. The summed E-state index contributed by atoms with van der Waals surface area (Å²) in [4.78, 5) is 29.6. The van der Waals surface area contributed by atoms with Gasteiger partial charge in [-0.2, -0.15) is 0 Å². The van der Waals surface area contributed by atoms with Crippen molar-refractivity contribution in [2.75, 3.05) is 32.8 Å². The molecular formula is C18H21FN4O3. The maximum Gasteiger partial charge on any atom is 0.347 e. The first-order valence-corrected chi connectivity index (χ1v) is 8.49. The largest absolute Gasteiger partial charge is 0.379 e. The van der Waals surface area contributed by atoms with Gasteiger partial charge < -0.3 is 10.1 Å². The summed E-state index contributed by atoms with van der Waals surface area (Å²) in [6, 6.07) is 7.82. The Morgan fingerprint density at radius 3 is 2.85 bits per heavy atom. The Morgan fingerprint density at radius 2 is 2.12 bits per heavy atom. The van der Waals surface area contributed by atoms with Gasteiger partial charge in [0, 0.05) is 32.0 Å². The predicted molar refractivity (Wildman–Crippen MR) is 93.0 cm³/mol. The number of rotatable bonds is 6. The summed E-state index contributed by atoms with van der Waals surface area (Å²) >= 11 is 0. The summed E-state index contributed by atoms with van der Waals surface area (Å²) < 4.78 is 20.3. The molecule has 3 rings (SSSR count). The third kappa shape index (κ3) is 4.74. The van der Waals surface area contributed by atoms with Gasteiger partial charge in [0.2, 0.25) is 5.91 Å².